The van der Waals surface area contributed by atoms with Crippen LogP contribution in [0, 0.1) is 5.92 Å². The highest BCUT2D eigenvalue weighted by Gasteiger charge is 2.22. The van der Waals surface area contributed by atoms with E-state index in [0.717, 1.165) is 12.1 Å². The molecule has 1 heterocycles. The monoisotopic (exact) mass is 222 g/mol. The predicted molar refractivity (Wildman–Crippen MR) is 64.1 cm³/mol. The van der Waals surface area contributed by atoms with E-state index in [1.54, 1.807) is 6.20 Å². The minimum absolute atomic E-state index is 0.340. The maximum absolute atomic E-state index is 10.2. The molecule has 0 bridgehead atoms. The number of aliphatic hydroxyl groups is 1. The summed E-state index contributed by atoms with van der Waals surface area (Å²) in [6.07, 6.45) is 9.42. The maximum atomic E-state index is 10.2. The second-order valence-electron chi connectivity index (χ2n) is 5.22. The normalized spacial score (nSPS) is 19.5. The first-order valence-corrected chi connectivity index (χ1v) is 6.38. The van der Waals surface area contributed by atoms with Crippen molar-refractivity contribution in [3.8, 4) is 0 Å². The molecule has 3 nitrogen and oxygen atoms in total. The van der Waals surface area contributed by atoms with Crippen molar-refractivity contribution in [2.24, 2.45) is 5.92 Å². The molecule has 0 radical (unpaired) electrons. The van der Waals surface area contributed by atoms with E-state index in [2.05, 4.69) is 23.4 Å². The molecule has 0 aliphatic heterocycles. The van der Waals surface area contributed by atoms with Crippen molar-refractivity contribution in [1.29, 1.82) is 0 Å². The SMILES string of the molecule is CC(C)n1cncc1C(O)CC1CCCC1. The summed E-state index contributed by atoms with van der Waals surface area (Å²) < 4.78 is 2.07. The molecule has 1 aliphatic rings. The van der Waals surface area contributed by atoms with Gasteiger partial charge in [0.05, 0.1) is 24.3 Å². The molecular weight excluding hydrogens is 200 g/mol. The molecular formula is C13H22N2O. The van der Waals surface area contributed by atoms with Crippen LogP contribution >= 0.6 is 0 Å². The molecule has 1 aromatic heterocycles. The Labute approximate surface area is 97.5 Å². The van der Waals surface area contributed by atoms with Crippen molar-refractivity contribution in [3.63, 3.8) is 0 Å². The summed E-state index contributed by atoms with van der Waals surface area (Å²) in [4.78, 5) is 4.14. The van der Waals surface area contributed by atoms with Crippen LogP contribution in [0.15, 0.2) is 12.5 Å². The molecule has 1 unspecified atom stereocenters. The minimum Gasteiger partial charge on any atom is -0.387 e. The van der Waals surface area contributed by atoms with Crippen molar-refractivity contribution < 1.29 is 5.11 Å². The Bertz CT molecular complexity index is 326. The van der Waals surface area contributed by atoms with E-state index in [4.69, 9.17) is 0 Å². The second kappa shape index (κ2) is 5.00. The van der Waals surface area contributed by atoms with Gasteiger partial charge in [-0.1, -0.05) is 25.7 Å². The average Bonchev–Trinajstić information content (AvgIpc) is 2.86. The highest BCUT2D eigenvalue weighted by molar-refractivity contribution is 5.04. The Morgan fingerprint density at radius 3 is 2.75 bits per heavy atom. The van der Waals surface area contributed by atoms with Gasteiger partial charge in [0.1, 0.15) is 0 Å². The van der Waals surface area contributed by atoms with Crippen LogP contribution < -0.4 is 0 Å². The lowest BCUT2D eigenvalue weighted by atomic mass is 9.98. The van der Waals surface area contributed by atoms with Crippen LogP contribution in [0.3, 0.4) is 0 Å². The molecule has 16 heavy (non-hydrogen) atoms. The van der Waals surface area contributed by atoms with Crippen LogP contribution in [0.2, 0.25) is 0 Å². The zero-order valence-corrected chi connectivity index (χ0v) is 10.3. The smallest absolute Gasteiger partial charge is 0.0958 e. The zero-order valence-electron chi connectivity index (χ0n) is 10.3. The molecule has 1 aliphatic carbocycles. The summed E-state index contributed by atoms with van der Waals surface area (Å²) in [5, 5.41) is 10.2. The summed E-state index contributed by atoms with van der Waals surface area (Å²) in [7, 11) is 0. The lowest BCUT2D eigenvalue weighted by molar-refractivity contribution is 0.135. The van der Waals surface area contributed by atoms with E-state index in [1.807, 2.05) is 6.33 Å². The first-order valence-electron chi connectivity index (χ1n) is 6.38. The van der Waals surface area contributed by atoms with Crippen LogP contribution in [-0.2, 0) is 0 Å². The Morgan fingerprint density at radius 1 is 1.44 bits per heavy atom. The molecule has 0 spiro atoms. The van der Waals surface area contributed by atoms with Gasteiger partial charge < -0.3 is 9.67 Å². The minimum atomic E-state index is -0.340. The fraction of sp³-hybridized carbons (Fsp3) is 0.769. The molecule has 1 aromatic rings. The van der Waals surface area contributed by atoms with E-state index in [9.17, 15) is 5.11 Å². The maximum Gasteiger partial charge on any atom is 0.0958 e. The summed E-state index contributed by atoms with van der Waals surface area (Å²) in [5.74, 6) is 0.713. The molecule has 2 rings (SSSR count). The second-order valence-corrected chi connectivity index (χ2v) is 5.22. The third-order valence-electron chi connectivity index (χ3n) is 3.63. The molecule has 3 heteroatoms. The Morgan fingerprint density at radius 2 is 2.12 bits per heavy atom. The number of hydrogen-bond acceptors (Lipinski definition) is 2. The van der Waals surface area contributed by atoms with Crippen molar-refractivity contribution in [2.75, 3.05) is 0 Å². The summed E-state index contributed by atoms with van der Waals surface area (Å²) in [5.41, 5.74) is 0.974. The lowest BCUT2D eigenvalue weighted by Crippen LogP contribution is -2.11. The van der Waals surface area contributed by atoms with Gasteiger partial charge in [0.2, 0.25) is 0 Å². The largest absolute Gasteiger partial charge is 0.387 e. The van der Waals surface area contributed by atoms with Gasteiger partial charge in [0, 0.05) is 6.04 Å². The Balaban J connectivity index is 2.01. The standard InChI is InChI=1S/C13H22N2O/c1-10(2)15-9-14-8-12(15)13(16)7-11-5-3-4-6-11/h8-11,13,16H,3-7H2,1-2H3. The first kappa shape index (κ1) is 11.6. The lowest BCUT2D eigenvalue weighted by Gasteiger charge is -2.19. The van der Waals surface area contributed by atoms with Crippen LogP contribution in [-0.4, -0.2) is 14.7 Å². The van der Waals surface area contributed by atoms with Gasteiger partial charge in [-0.3, -0.25) is 0 Å². The van der Waals surface area contributed by atoms with Crippen LogP contribution in [0.25, 0.3) is 0 Å². The number of aliphatic hydroxyl groups excluding tert-OH is 1. The highest BCUT2D eigenvalue weighted by atomic mass is 16.3. The van der Waals surface area contributed by atoms with Gasteiger partial charge in [0.25, 0.3) is 0 Å². The van der Waals surface area contributed by atoms with Crippen LogP contribution in [0.1, 0.15) is 63.8 Å². The summed E-state index contributed by atoms with van der Waals surface area (Å²) >= 11 is 0. The van der Waals surface area contributed by atoms with Crippen molar-refractivity contribution in [2.45, 2.75) is 58.1 Å². The molecule has 0 amide bonds. The summed E-state index contributed by atoms with van der Waals surface area (Å²) in [6.45, 7) is 4.24. The molecule has 1 atom stereocenters. The van der Waals surface area contributed by atoms with Crippen LogP contribution in [0.4, 0.5) is 0 Å². The van der Waals surface area contributed by atoms with Gasteiger partial charge in [-0.05, 0) is 26.2 Å². The van der Waals surface area contributed by atoms with Gasteiger partial charge in [0.15, 0.2) is 0 Å². The zero-order chi connectivity index (χ0) is 11.5. The third kappa shape index (κ3) is 2.46. The van der Waals surface area contributed by atoms with Gasteiger partial charge in [-0.25, -0.2) is 4.98 Å². The number of imidazole rings is 1. The van der Waals surface area contributed by atoms with Crippen molar-refractivity contribution in [3.05, 3.63) is 18.2 Å². The molecule has 1 N–H and O–H groups in total. The van der Waals surface area contributed by atoms with Gasteiger partial charge in [-0.2, -0.15) is 0 Å². The number of hydrogen-bond donors (Lipinski definition) is 1. The number of nitrogens with zero attached hydrogens (tertiary/aromatic N) is 2. The molecule has 0 saturated heterocycles. The Kier molecular flexibility index (Phi) is 3.64. The third-order valence-corrected chi connectivity index (χ3v) is 3.63. The summed E-state index contributed by atoms with van der Waals surface area (Å²) in [6, 6.07) is 0.371. The molecule has 0 aromatic carbocycles. The van der Waals surface area contributed by atoms with E-state index in [-0.39, 0.29) is 6.10 Å². The fourth-order valence-corrected chi connectivity index (χ4v) is 2.69. The molecule has 1 saturated carbocycles. The van der Waals surface area contributed by atoms with E-state index in [0.29, 0.717) is 12.0 Å². The van der Waals surface area contributed by atoms with E-state index in [1.165, 1.54) is 25.7 Å². The van der Waals surface area contributed by atoms with Gasteiger partial charge in [-0.15, -0.1) is 0 Å². The first-order chi connectivity index (χ1) is 7.68. The fourth-order valence-electron chi connectivity index (χ4n) is 2.69. The average molecular weight is 222 g/mol. The van der Waals surface area contributed by atoms with E-state index >= 15 is 0 Å². The molecule has 1 fully saturated rings. The van der Waals surface area contributed by atoms with Gasteiger partial charge >= 0.3 is 0 Å². The van der Waals surface area contributed by atoms with Crippen LogP contribution in [0.5, 0.6) is 0 Å². The molecule has 90 valence electrons. The Hall–Kier alpha value is -0.830. The van der Waals surface area contributed by atoms with Crippen molar-refractivity contribution in [1.82, 2.24) is 9.55 Å². The highest BCUT2D eigenvalue weighted by Crippen LogP contribution is 2.33. The topological polar surface area (TPSA) is 38.0 Å². The quantitative estimate of drug-likeness (QED) is 0.850. The predicted octanol–water partition coefficient (Wildman–Crippen LogP) is 3.08. The van der Waals surface area contributed by atoms with E-state index < -0.39 is 0 Å². The number of rotatable bonds is 4. The number of aromatic nitrogens is 2. The van der Waals surface area contributed by atoms with Crippen molar-refractivity contribution >= 4 is 0 Å².